The van der Waals surface area contributed by atoms with Crippen LogP contribution in [0.1, 0.15) is 17.7 Å². The van der Waals surface area contributed by atoms with E-state index in [9.17, 15) is 0 Å². The van der Waals surface area contributed by atoms with E-state index < -0.39 is 0 Å². The number of hydrogen-bond donors (Lipinski definition) is 1. The van der Waals surface area contributed by atoms with Gasteiger partial charge in [-0.1, -0.05) is 41.6 Å². The molecule has 1 atom stereocenters. The van der Waals surface area contributed by atoms with Gasteiger partial charge >= 0.3 is 0 Å². The number of halogens is 1. The quantitative estimate of drug-likeness (QED) is 0.588. The molecule has 2 heterocycles. The highest BCUT2D eigenvalue weighted by Gasteiger charge is 2.14. The number of thioether (sulfide) groups is 1. The van der Waals surface area contributed by atoms with Gasteiger partial charge in [-0.2, -0.15) is 0 Å². The van der Waals surface area contributed by atoms with Crippen molar-refractivity contribution in [3.63, 3.8) is 0 Å². The van der Waals surface area contributed by atoms with Crippen LogP contribution in [0, 0.1) is 0 Å². The number of aromatic amines is 1. The molecule has 4 nitrogen and oxygen atoms in total. The third-order valence-corrected chi connectivity index (χ3v) is 4.30. The molecule has 0 spiro atoms. The number of nitrogens with zero attached hydrogens (tertiary/aromatic N) is 3. The average molecular weight is 291 g/mol. The zero-order chi connectivity index (χ0) is 13.2. The molecular formula is C13H11ClN4S. The Morgan fingerprint density at radius 3 is 2.89 bits per heavy atom. The molecule has 0 saturated heterocycles. The number of fused-ring (bicyclic) bond motifs is 1. The standard InChI is InChI=1S/C13H11ClN4S/c1-8(9-4-2-3-5-10(9)14)19-13-11-12(16-6-15-11)17-7-18-13/h2-8H,1H3,(H,15,16,17,18)/t8-/m0/s1. The third-order valence-electron chi connectivity index (χ3n) is 2.82. The Bertz CT molecular complexity index is 712. The van der Waals surface area contributed by atoms with E-state index in [0.29, 0.717) is 5.65 Å². The van der Waals surface area contributed by atoms with E-state index in [2.05, 4.69) is 26.9 Å². The maximum Gasteiger partial charge on any atom is 0.181 e. The van der Waals surface area contributed by atoms with Crippen LogP contribution in [-0.2, 0) is 0 Å². The first-order valence-electron chi connectivity index (χ1n) is 5.81. The van der Waals surface area contributed by atoms with Crippen LogP contribution in [0.15, 0.2) is 41.9 Å². The fourth-order valence-electron chi connectivity index (χ4n) is 1.87. The Hall–Kier alpha value is -1.59. The van der Waals surface area contributed by atoms with Gasteiger partial charge in [0.1, 0.15) is 16.9 Å². The van der Waals surface area contributed by atoms with Crippen molar-refractivity contribution < 1.29 is 0 Å². The van der Waals surface area contributed by atoms with Gasteiger partial charge in [-0.3, -0.25) is 0 Å². The summed E-state index contributed by atoms with van der Waals surface area (Å²) in [5, 5.41) is 1.86. The molecule has 0 aliphatic heterocycles. The molecular weight excluding hydrogens is 280 g/mol. The number of nitrogens with one attached hydrogen (secondary N) is 1. The van der Waals surface area contributed by atoms with Crippen LogP contribution in [0.5, 0.6) is 0 Å². The molecule has 0 aliphatic rings. The van der Waals surface area contributed by atoms with Crippen LogP contribution >= 0.6 is 23.4 Å². The SMILES string of the molecule is C[C@H](Sc1ncnc2nc[nH]c12)c1ccccc1Cl. The van der Waals surface area contributed by atoms with Crippen molar-refractivity contribution in [2.45, 2.75) is 17.2 Å². The minimum absolute atomic E-state index is 0.204. The molecule has 1 aromatic carbocycles. The van der Waals surface area contributed by atoms with E-state index in [1.165, 1.54) is 6.33 Å². The molecule has 0 amide bonds. The summed E-state index contributed by atoms with van der Waals surface area (Å²) in [6.45, 7) is 2.11. The second-order valence-electron chi connectivity index (χ2n) is 4.06. The fourth-order valence-corrected chi connectivity index (χ4v) is 3.28. The summed E-state index contributed by atoms with van der Waals surface area (Å²) in [6.07, 6.45) is 3.16. The molecule has 96 valence electrons. The molecule has 0 fully saturated rings. The van der Waals surface area contributed by atoms with Gasteiger partial charge in [0.25, 0.3) is 0 Å². The normalized spacial score (nSPS) is 12.7. The highest BCUT2D eigenvalue weighted by atomic mass is 35.5. The lowest BCUT2D eigenvalue weighted by atomic mass is 10.2. The molecule has 3 rings (SSSR count). The van der Waals surface area contributed by atoms with Crippen molar-refractivity contribution in [1.29, 1.82) is 0 Å². The Morgan fingerprint density at radius 1 is 1.21 bits per heavy atom. The zero-order valence-electron chi connectivity index (χ0n) is 10.2. The lowest BCUT2D eigenvalue weighted by Crippen LogP contribution is -1.92. The molecule has 2 aromatic heterocycles. The van der Waals surface area contributed by atoms with E-state index in [1.54, 1.807) is 18.1 Å². The number of H-pyrrole nitrogens is 1. The third kappa shape index (κ3) is 2.43. The number of hydrogen-bond acceptors (Lipinski definition) is 4. The van der Waals surface area contributed by atoms with Gasteiger partial charge in [-0.05, 0) is 18.6 Å². The van der Waals surface area contributed by atoms with Crippen molar-refractivity contribution in [2.24, 2.45) is 0 Å². The minimum atomic E-state index is 0.204. The maximum atomic E-state index is 6.22. The van der Waals surface area contributed by atoms with Crippen molar-refractivity contribution in [1.82, 2.24) is 19.9 Å². The van der Waals surface area contributed by atoms with Gasteiger partial charge in [0.2, 0.25) is 0 Å². The van der Waals surface area contributed by atoms with E-state index in [-0.39, 0.29) is 5.25 Å². The Morgan fingerprint density at radius 2 is 2.05 bits per heavy atom. The Kier molecular flexibility index (Phi) is 3.40. The predicted molar refractivity (Wildman–Crippen MR) is 77.4 cm³/mol. The lowest BCUT2D eigenvalue weighted by molar-refractivity contribution is 1.05. The largest absolute Gasteiger partial charge is 0.341 e. The molecule has 6 heteroatoms. The number of rotatable bonds is 3. The first-order chi connectivity index (χ1) is 9.25. The summed E-state index contributed by atoms with van der Waals surface area (Å²) in [5.41, 5.74) is 2.65. The number of benzene rings is 1. The van der Waals surface area contributed by atoms with Crippen molar-refractivity contribution in [2.75, 3.05) is 0 Å². The molecule has 0 unspecified atom stereocenters. The van der Waals surface area contributed by atoms with E-state index >= 15 is 0 Å². The maximum absolute atomic E-state index is 6.22. The summed E-state index contributed by atoms with van der Waals surface area (Å²) in [5.74, 6) is 0. The smallest absolute Gasteiger partial charge is 0.181 e. The molecule has 0 aliphatic carbocycles. The first-order valence-corrected chi connectivity index (χ1v) is 7.06. The second-order valence-corrected chi connectivity index (χ2v) is 5.80. The van der Waals surface area contributed by atoms with Crippen molar-refractivity contribution >= 4 is 34.5 Å². The molecule has 0 saturated carbocycles. The topological polar surface area (TPSA) is 54.5 Å². The Balaban J connectivity index is 1.93. The van der Waals surface area contributed by atoms with Crippen LogP contribution in [0.3, 0.4) is 0 Å². The summed E-state index contributed by atoms with van der Waals surface area (Å²) in [4.78, 5) is 15.6. The van der Waals surface area contributed by atoms with Crippen LogP contribution in [0.25, 0.3) is 11.2 Å². The highest BCUT2D eigenvalue weighted by Crippen LogP contribution is 2.38. The van der Waals surface area contributed by atoms with E-state index in [1.807, 2.05) is 24.3 Å². The monoisotopic (exact) mass is 290 g/mol. The van der Waals surface area contributed by atoms with Crippen LogP contribution in [0.2, 0.25) is 5.02 Å². The van der Waals surface area contributed by atoms with Crippen LogP contribution in [-0.4, -0.2) is 19.9 Å². The van der Waals surface area contributed by atoms with Gasteiger partial charge in [0, 0.05) is 10.3 Å². The van der Waals surface area contributed by atoms with Crippen molar-refractivity contribution in [3.8, 4) is 0 Å². The fraction of sp³-hybridized carbons (Fsp3) is 0.154. The van der Waals surface area contributed by atoms with Gasteiger partial charge in [-0.15, -0.1) is 0 Å². The summed E-state index contributed by atoms with van der Waals surface area (Å²) < 4.78 is 0. The molecule has 1 N–H and O–H groups in total. The van der Waals surface area contributed by atoms with Crippen molar-refractivity contribution in [3.05, 3.63) is 47.5 Å². The summed E-state index contributed by atoms with van der Waals surface area (Å²) >= 11 is 7.85. The average Bonchev–Trinajstić information content (AvgIpc) is 2.88. The summed E-state index contributed by atoms with van der Waals surface area (Å²) in [7, 11) is 0. The zero-order valence-corrected chi connectivity index (χ0v) is 11.7. The molecule has 0 bridgehead atoms. The molecule has 0 radical (unpaired) electrons. The van der Waals surface area contributed by atoms with Crippen LogP contribution in [0.4, 0.5) is 0 Å². The number of aromatic nitrogens is 4. The molecule has 3 aromatic rings. The number of imidazole rings is 1. The summed E-state index contributed by atoms with van der Waals surface area (Å²) in [6, 6.07) is 7.86. The Labute approximate surface area is 119 Å². The second kappa shape index (κ2) is 5.19. The predicted octanol–water partition coefficient (Wildman–Crippen LogP) is 3.86. The van der Waals surface area contributed by atoms with Gasteiger partial charge in [0.15, 0.2) is 5.65 Å². The van der Waals surface area contributed by atoms with Gasteiger partial charge < -0.3 is 4.98 Å². The first kappa shape index (κ1) is 12.4. The molecule has 19 heavy (non-hydrogen) atoms. The van der Waals surface area contributed by atoms with Gasteiger partial charge in [-0.25, -0.2) is 15.0 Å². The van der Waals surface area contributed by atoms with E-state index in [4.69, 9.17) is 11.6 Å². The van der Waals surface area contributed by atoms with Gasteiger partial charge in [0.05, 0.1) is 6.33 Å². The van der Waals surface area contributed by atoms with E-state index in [0.717, 1.165) is 21.1 Å². The lowest BCUT2D eigenvalue weighted by Gasteiger charge is -2.12. The highest BCUT2D eigenvalue weighted by molar-refractivity contribution is 7.99. The minimum Gasteiger partial charge on any atom is -0.341 e. The van der Waals surface area contributed by atoms with Crippen LogP contribution < -0.4 is 0 Å².